The Morgan fingerprint density at radius 2 is 1.97 bits per heavy atom. The maximum absolute atomic E-state index is 7.00. The van der Waals surface area contributed by atoms with E-state index in [-0.39, 0.29) is 5.41 Å². The lowest BCUT2D eigenvalue weighted by molar-refractivity contribution is 0.0842. The Morgan fingerprint density at radius 1 is 1.16 bits per heavy atom. The van der Waals surface area contributed by atoms with Crippen LogP contribution in [0.4, 0.5) is 11.4 Å². The van der Waals surface area contributed by atoms with E-state index >= 15 is 0 Å². The molecule has 1 aromatic heterocycles. The molecule has 5 nitrogen and oxygen atoms in total. The maximum atomic E-state index is 7.00. The predicted molar refractivity (Wildman–Crippen MR) is 134 cm³/mol. The third kappa shape index (κ3) is 2.67. The molecule has 3 aromatic rings. The van der Waals surface area contributed by atoms with E-state index in [1.165, 1.54) is 5.56 Å². The van der Waals surface area contributed by atoms with Crippen molar-refractivity contribution < 1.29 is 4.74 Å². The second-order valence-electron chi connectivity index (χ2n) is 8.88. The van der Waals surface area contributed by atoms with Crippen molar-refractivity contribution in [1.29, 1.82) is 0 Å². The highest BCUT2D eigenvalue weighted by Crippen LogP contribution is 2.55. The molecule has 0 aliphatic carbocycles. The van der Waals surface area contributed by atoms with E-state index in [1.807, 2.05) is 37.7 Å². The SMILES string of the molecule is CC/N=C/C=C\c1c2c(c3cccnc3c1C)OC1(C=N2)N(C)c2ccccc2C1(C)C. The molecule has 1 spiro atoms. The first-order valence-electron chi connectivity index (χ1n) is 11.1. The van der Waals surface area contributed by atoms with Crippen molar-refractivity contribution in [2.45, 2.75) is 38.8 Å². The Balaban J connectivity index is 1.74. The summed E-state index contributed by atoms with van der Waals surface area (Å²) in [6.07, 6.45) is 9.65. The monoisotopic (exact) mass is 424 g/mol. The first kappa shape index (κ1) is 20.4. The second kappa shape index (κ2) is 7.30. The number of aliphatic imine (C=N–C) groups is 2. The first-order chi connectivity index (χ1) is 15.4. The average molecular weight is 425 g/mol. The molecule has 0 fully saturated rings. The molecule has 0 N–H and O–H groups in total. The fourth-order valence-corrected chi connectivity index (χ4v) is 5.05. The zero-order chi connectivity index (χ0) is 22.5. The highest BCUT2D eigenvalue weighted by atomic mass is 16.5. The van der Waals surface area contributed by atoms with Crippen LogP contribution < -0.4 is 9.64 Å². The minimum atomic E-state index is -0.730. The van der Waals surface area contributed by atoms with E-state index in [9.17, 15) is 0 Å². The molecule has 3 heterocycles. The summed E-state index contributed by atoms with van der Waals surface area (Å²) in [4.78, 5) is 16.2. The summed E-state index contributed by atoms with van der Waals surface area (Å²) in [7, 11) is 2.08. The number of hydrogen-bond donors (Lipinski definition) is 0. The average Bonchev–Trinajstić information content (AvgIpc) is 2.97. The van der Waals surface area contributed by atoms with Crippen molar-refractivity contribution in [2.75, 3.05) is 18.5 Å². The van der Waals surface area contributed by atoms with Gasteiger partial charge in [-0.25, -0.2) is 0 Å². The van der Waals surface area contributed by atoms with E-state index in [4.69, 9.17) is 14.7 Å². The summed E-state index contributed by atoms with van der Waals surface area (Å²) in [5.41, 5.74) is 5.25. The predicted octanol–water partition coefficient (Wildman–Crippen LogP) is 5.87. The minimum absolute atomic E-state index is 0.303. The number of fused-ring (bicyclic) bond motifs is 4. The maximum Gasteiger partial charge on any atom is 0.228 e. The molecular formula is C27H28N4O. The molecule has 2 aliphatic heterocycles. The summed E-state index contributed by atoms with van der Waals surface area (Å²) < 4.78 is 7.00. The summed E-state index contributed by atoms with van der Waals surface area (Å²) in [6, 6.07) is 12.5. The van der Waals surface area contributed by atoms with E-state index in [0.717, 1.165) is 45.7 Å². The summed E-state index contributed by atoms with van der Waals surface area (Å²) in [5, 5.41) is 0.982. The largest absolute Gasteiger partial charge is 0.459 e. The van der Waals surface area contributed by atoms with E-state index in [2.05, 4.69) is 74.1 Å². The highest BCUT2D eigenvalue weighted by Gasteiger charge is 2.58. The van der Waals surface area contributed by atoms with Gasteiger partial charge >= 0.3 is 0 Å². The van der Waals surface area contributed by atoms with Crippen LogP contribution in [0.1, 0.15) is 37.5 Å². The van der Waals surface area contributed by atoms with Crippen LogP contribution in [0.2, 0.25) is 0 Å². The quantitative estimate of drug-likeness (QED) is 0.494. The number of hydrogen-bond acceptors (Lipinski definition) is 5. The fourth-order valence-electron chi connectivity index (χ4n) is 5.05. The van der Waals surface area contributed by atoms with Gasteiger partial charge in [0.25, 0.3) is 0 Å². The molecule has 0 bridgehead atoms. The Bertz CT molecular complexity index is 1300. The summed E-state index contributed by atoms with van der Waals surface area (Å²) in [5.74, 6) is 0.779. The zero-order valence-electron chi connectivity index (χ0n) is 19.3. The van der Waals surface area contributed by atoms with Gasteiger partial charge in [-0.1, -0.05) is 24.3 Å². The van der Waals surface area contributed by atoms with Gasteiger partial charge in [0.2, 0.25) is 5.72 Å². The summed E-state index contributed by atoms with van der Waals surface area (Å²) >= 11 is 0. The van der Waals surface area contributed by atoms with Crippen molar-refractivity contribution in [3.8, 4) is 5.75 Å². The van der Waals surface area contributed by atoms with Crippen LogP contribution in [0.3, 0.4) is 0 Å². The van der Waals surface area contributed by atoms with Gasteiger partial charge in [0, 0.05) is 42.6 Å². The number of likely N-dealkylation sites (N-methyl/N-ethyl adjacent to an activating group) is 1. The lowest BCUT2D eigenvalue weighted by Gasteiger charge is -2.45. The number of nitrogens with zero attached hydrogens (tertiary/aromatic N) is 4. The Morgan fingerprint density at radius 3 is 2.75 bits per heavy atom. The molecule has 0 radical (unpaired) electrons. The van der Waals surface area contributed by atoms with Gasteiger partial charge in [0.15, 0.2) is 5.75 Å². The minimum Gasteiger partial charge on any atom is -0.459 e. The molecule has 0 saturated carbocycles. The first-order valence-corrected chi connectivity index (χ1v) is 11.1. The van der Waals surface area contributed by atoms with Crippen molar-refractivity contribution >= 4 is 40.8 Å². The number of allylic oxidation sites excluding steroid dienone is 1. The molecular weight excluding hydrogens is 396 g/mol. The molecule has 1 unspecified atom stereocenters. The van der Waals surface area contributed by atoms with Crippen LogP contribution in [0.15, 0.2) is 58.7 Å². The molecule has 5 rings (SSSR count). The number of aryl methyl sites for hydroxylation is 1. The number of aromatic nitrogens is 1. The molecule has 2 aromatic carbocycles. The van der Waals surface area contributed by atoms with Crippen molar-refractivity contribution in [2.24, 2.45) is 9.98 Å². The number of para-hydroxylation sites is 1. The zero-order valence-corrected chi connectivity index (χ0v) is 19.3. The van der Waals surface area contributed by atoms with Crippen LogP contribution in [0.5, 0.6) is 5.75 Å². The van der Waals surface area contributed by atoms with E-state index in [0.29, 0.717) is 0 Å². The Labute approximate surface area is 189 Å². The van der Waals surface area contributed by atoms with Gasteiger partial charge in [0.05, 0.1) is 17.1 Å². The van der Waals surface area contributed by atoms with E-state index < -0.39 is 5.72 Å². The molecule has 162 valence electrons. The fraction of sp³-hybridized carbons (Fsp3) is 0.296. The van der Waals surface area contributed by atoms with Crippen LogP contribution in [-0.4, -0.2) is 36.7 Å². The molecule has 32 heavy (non-hydrogen) atoms. The van der Waals surface area contributed by atoms with Crippen molar-refractivity contribution in [1.82, 2.24) is 4.98 Å². The van der Waals surface area contributed by atoms with Crippen LogP contribution in [0.25, 0.3) is 17.0 Å². The normalized spacial score (nSPS) is 21.0. The lowest BCUT2D eigenvalue weighted by atomic mass is 9.77. The molecule has 1 atom stereocenters. The smallest absolute Gasteiger partial charge is 0.228 e. The van der Waals surface area contributed by atoms with Gasteiger partial charge in [-0.15, -0.1) is 0 Å². The standard InChI is InChI=1S/C27H28N4O/c1-6-28-15-9-11-19-18(2)23-20(12-10-16-29-23)25-24(19)30-17-27(32-25)26(3,4)21-13-7-8-14-22(21)31(27)5/h7-17H,6H2,1-5H3/b11-9-,28-15+. The number of rotatable bonds is 3. The van der Waals surface area contributed by atoms with Gasteiger partial charge < -0.3 is 9.64 Å². The molecule has 0 amide bonds. The van der Waals surface area contributed by atoms with E-state index in [1.54, 1.807) is 0 Å². The topological polar surface area (TPSA) is 50.1 Å². The number of benzene rings is 2. The second-order valence-corrected chi connectivity index (χ2v) is 8.88. The Hall–Kier alpha value is -3.47. The number of anilines is 1. The summed E-state index contributed by atoms with van der Waals surface area (Å²) in [6.45, 7) is 9.32. The van der Waals surface area contributed by atoms with Gasteiger partial charge in [0.1, 0.15) is 5.69 Å². The van der Waals surface area contributed by atoms with Gasteiger partial charge in [-0.3, -0.25) is 15.0 Å². The highest BCUT2D eigenvalue weighted by molar-refractivity contribution is 6.01. The number of ether oxygens (including phenoxy) is 1. The molecule has 5 heteroatoms. The molecule has 0 saturated heterocycles. The van der Waals surface area contributed by atoms with Crippen LogP contribution in [-0.2, 0) is 5.41 Å². The lowest BCUT2D eigenvalue weighted by Crippen LogP contribution is -2.61. The van der Waals surface area contributed by atoms with Crippen molar-refractivity contribution in [3.63, 3.8) is 0 Å². The Kier molecular flexibility index (Phi) is 4.66. The van der Waals surface area contributed by atoms with Gasteiger partial charge in [-0.05, 0) is 63.1 Å². The van der Waals surface area contributed by atoms with Crippen LogP contribution in [0, 0.1) is 6.92 Å². The van der Waals surface area contributed by atoms with Crippen LogP contribution >= 0.6 is 0 Å². The van der Waals surface area contributed by atoms with Crippen molar-refractivity contribution in [3.05, 3.63) is 65.4 Å². The molecule has 2 aliphatic rings. The third-order valence-corrected chi connectivity index (χ3v) is 6.88. The number of pyridine rings is 1. The van der Waals surface area contributed by atoms with Gasteiger partial charge in [-0.2, -0.15) is 0 Å². The third-order valence-electron chi connectivity index (χ3n) is 6.88.